The summed E-state index contributed by atoms with van der Waals surface area (Å²) in [5.74, 6) is -4.47. The predicted octanol–water partition coefficient (Wildman–Crippen LogP) is 3.88. The van der Waals surface area contributed by atoms with Gasteiger partial charge in [0.2, 0.25) is 0 Å². The largest absolute Gasteiger partial charge is 0.375 e. The molecule has 0 radical (unpaired) electrons. The van der Waals surface area contributed by atoms with Gasteiger partial charge in [0.1, 0.15) is 0 Å². The van der Waals surface area contributed by atoms with Crippen molar-refractivity contribution in [3.63, 3.8) is 0 Å². The molecule has 0 aliphatic heterocycles. The molecule has 0 saturated carbocycles. The number of aromatic nitrogens is 1. The second-order valence-corrected chi connectivity index (χ2v) is 4.75. The zero-order valence-corrected chi connectivity index (χ0v) is 11.3. The Balaban J connectivity index is 1.80. The van der Waals surface area contributed by atoms with Gasteiger partial charge in [-0.1, -0.05) is 18.2 Å². The highest BCUT2D eigenvalue weighted by Gasteiger charge is 2.15. The monoisotopic (exact) mass is 304 g/mol. The Hall–Kier alpha value is -2.76. The summed E-state index contributed by atoms with van der Waals surface area (Å²) in [6, 6.07) is 9.11. The molecular formula is C16H11F3N2O. The number of carbonyl (C=O) groups is 1. The van der Waals surface area contributed by atoms with Crippen LogP contribution in [0, 0.1) is 17.5 Å². The molecule has 0 aliphatic carbocycles. The van der Waals surface area contributed by atoms with E-state index in [2.05, 4.69) is 10.3 Å². The number of carbonyl (C=O) groups excluding carboxylic acids is 1. The molecule has 112 valence electrons. The Labute approximate surface area is 123 Å². The molecule has 22 heavy (non-hydrogen) atoms. The highest BCUT2D eigenvalue weighted by molar-refractivity contribution is 6.09. The molecule has 1 heterocycles. The molecule has 0 saturated heterocycles. The van der Waals surface area contributed by atoms with E-state index in [0.29, 0.717) is 5.56 Å². The van der Waals surface area contributed by atoms with E-state index in [4.69, 9.17) is 0 Å². The number of benzene rings is 2. The second kappa shape index (κ2) is 5.55. The molecular weight excluding hydrogens is 293 g/mol. The smallest absolute Gasteiger partial charge is 0.196 e. The van der Waals surface area contributed by atoms with Gasteiger partial charge in [-0.05, 0) is 18.2 Å². The molecule has 1 aromatic heterocycles. The number of rotatable bonds is 4. The minimum atomic E-state index is -1.57. The van der Waals surface area contributed by atoms with Gasteiger partial charge in [-0.15, -0.1) is 0 Å². The van der Waals surface area contributed by atoms with Gasteiger partial charge < -0.3 is 10.3 Å². The van der Waals surface area contributed by atoms with Crippen LogP contribution in [-0.2, 0) is 0 Å². The van der Waals surface area contributed by atoms with E-state index >= 15 is 0 Å². The molecule has 0 aliphatic rings. The zero-order chi connectivity index (χ0) is 15.7. The third-order valence-corrected chi connectivity index (χ3v) is 3.36. The van der Waals surface area contributed by atoms with Crippen LogP contribution in [-0.4, -0.2) is 17.3 Å². The number of hydrogen-bond acceptors (Lipinski definition) is 2. The first-order valence-corrected chi connectivity index (χ1v) is 6.54. The molecule has 0 amide bonds. The lowest BCUT2D eigenvalue weighted by molar-refractivity contribution is 0.101. The number of ketones is 1. The van der Waals surface area contributed by atoms with Crippen LogP contribution >= 0.6 is 0 Å². The molecule has 2 aromatic carbocycles. The van der Waals surface area contributed by atoms with Crippen molar-refractivity contribution in [3.8, 4) is 0 Å². The molecule has 3 aromatic rings. The number of halogens is 3. The van der Waals surface area contributed by atoms with Crippen molar-refractivity contribution in [3.05, 3.63) is 65.6 Å². The van der Waals surface area contributed by atoms with E-state index in [9.17, 15) is 18.0 Å². The summed E-state index contributed by atoms with van der Waals surface area (Å²) in [5.41, 5.74) is 1.00. The topological polar surface area (TPSA) is 44.9 Å². The minimum Gasteiger partial charge on any atom is -0.375 e. The number of Topliss-reactive ketones (excluding diaryl/α,β-unsaturated/α-hetero) is 1. The third kappa shape index (κ3) is 2.43. The van der Waals surface area contributed by atoms with E-state index in [-0.39, 0.29) is 18.0 Å². The summed E-state index contributed by atoms with van der Waals surface area (Å²) in [5, 5.41) is 3.24. The van der Waals surface area contributed by atoms with Gasteiger partial charge in [0.05, 0.1) is 12.2 Å². The highest BCUT2D eigenvalue weighted by atomic mass is 19.2. The fourth-order valence-corrected chi connectivity index (χ4v) is 2.24. The number of para-hydroxylation sites is 1. The Morgan fingerprint density at radius 2 is 1.82 bits per heavy atom. The van der Waals surface area contributed by atoms with Gasteiger partial charge in [-0.25, -0.2) is 13.2 Å². The quantitative estimate of drug-likeness (QED) is 0.567. The molecule has 3 rings (SSSR count). The van der Waals surface area contributed by atoms with Crippen molar-refractivity contribution in [1.29, 1.82) is 0 Å². The van der Waals surface area contributed by atoms with Crippen LogP contribution < -0.4 is 5.32 Å². The van der Waals surface area contributed by atoms with Gasteiger partial charge in [-0.3, -0.25) is 4.79 Å². The Bertz CT molecular complexity index is 858. The summed E-state index contributed by atoms with van der Waals surface area (Å²) < 4.78 is 39.5. The van der Waals surface area contributed by atoms with E-state index < -0.39 is 17.5 Å². The normalized spacial score (nSPS) is 10.9. The van der Waals surface area contributed by atoms with Crippen LogP contribution in [0.3, 0.4) is 0 Å². The lowest BCUT2D eigenvalue weighted by Crippen LogP contribution is -2.15. The standard InChI is InChI=1S/C16H11F3N2O/c17-11-5-6-13(16(19)15(11)18)21-8-14(22)10-7-20-12-4-2-1-3-9(10)12/h1-7,20-21H,8H2. The maximum Gasteiger partial charge on any atom is 0.196 e. The fourth-order valence-electron chi connectivity index (χ4n) is 2.24. The van der Waals surface area contributed by atoms with Crippen LogP contribution in [0.5, 0.6) is 0 Å². The Morgan fingerprint density at radius 3 is 2.64 bits per heavy atom. The molecule has 2 N–H and O–H groups in total. The number of nitrogens with one attached hydrogen (secondary N) is 2. The number of H-pyrrole nitrogens is 1. The fraction of sp³-hybridized carbons (Fsp3) is 0.0625. The Morgan fingerprint density at radius 1 is 1.05 bits per heavy atom. The van der Waals surface area contributed by atoms with E-state index in [0.717, 1.165) is 23.0 Å². The first-order valence-electron chi connectivity index (χ1n) is 6.54. The zero-order valence-electron chi connectivity index (χ0n) is 11.3. The van der Waals surface area contributed by atoms with Crippen LogP contribution in [0.2, 0.25) is 0 Å². The third-order valence-electron chi connectivity index (χ3n) is 3.36. The summed E-state index contributed by atoms with van der Waals surface area (Å²) >= 11 is 0. The van der Waals surface area contributed by atoms with Crippen molar-refractivity contribution < 1.29 is 18.0 Å². The van der Waals surface area contributed by atoms with Crippen molar-refractivity contribution in [1.82, 2.24) is 4.98 Å². The molecule has 3 nitrogen and oxygen atoms in total. The maximum absolute atomic E-state index is 13.5. The second-order valence-electron chi connectivity index (χ2n) is 4.75. The van der Waals surface area contributed by atoms with Crippen LogP contribution in [0.15, 0.2) is 42.6 Å². The van der Waals surface area contributed by atoms with Crippen molar-refractivity contribution >= 4 is 22.4 Å². The summed E-state index contributed by atoms with van der Waals surface area (Å²) in [7, 11) is 0. The molecule has 6 heteroatoms. The number of aromatic amines is 1. The van der Waals surface area contributed by atoms with Gasteiger partial charge in [0, 0.05) is 22.7 Å². The molecule has 0 atom stereocenters. The van der Waals surface area contributed by atoms with Crippen LogP contribution in [0.4, 0.5) is 18.9 Å². The highest BCUT2D eigenvalue weighted by Crippen LogP contribution is 2.21. The first kappa shape index (κ1) is 14.2. The SMILES string of the molecule is O=C(CNc1ccc(F)c(F)c1F)c1c[nH]c2ccccc12. The van der Waals surface area contributed by atoms with Gasteiger partial charge in [0.15, 0.2) is 23.2 Å². The van der Waals surface area contributed by atoms with E-state index in [1.54, 1.807) is 18.3 Å². The van der Waals surface area contributed by atoms with Gasteiger partial charge in [-0.2, -0.15) is 0 Å². The average Bonchev–Trinajstić information content (AvgIpc) is 2.96. The van der Waals surface area contributed by atoms with E-state index in [1.165, 1.54) is 0 Å². The van der Waals surface area contributed by atoms with Crippen LogP contribution in [0.25, 0.3) is 10.9 Å². The van der Waals surface area contributed by atoms with Crippen molar-refractivity contribution in [2.45, 2.75) is 0 Å². The molecule has 0 bridgehead atoms. The lowest BCUT2D eigenvalue weighted by Gasteiger charge is -2.07. The summed E-state index contributed by atoms with van der Waals surface area (Å²) in [4.78, 5) is 15.1. The molecule has 0 fully saturated rings. The predicted molar refractivity (Wildman–Crippen MR) is 77.4 cm³/mol. The van der Waals surface area contributed by atoms with Crippen molar-refractivity contribution in [2.24, 2.45) is 0 Å². The summed E-state index contributed by atoms with van der Waals surface area (Å²) in [6.45, 7) is -0.232. The number of hydrogen-bond donors (Lipinski definition) is 2. The lowest BCUT2D eigenvalue weighted by atomic mass is 10.1. The Kier molecular flexibility index (Phi) is 3.58. The summed E-state index contributed by atoms with van der Waals surface area (Å²) in [6.07, 6.45) is 1.57. The van der Waals surface area contributed by atoms with E-state index in [1.807, 2.05) is 12.1 Å². The van der Waals surface area contributed by atoms with Crippen LogP contribution in [0.1, 0.15) is 10.4 Å². The molecule has 0 spiro atoms. The number of fused-ring (bicyclic) bond motifs is 1. The maximum atomic E-state index is 13.5. The van der Waals surface area contributed by atoms with Gasteiger partial charge >= 0.3 is 0 Å². The van der Waals surface area contributed by atoms with Gasteiger partial charge in [0.25, 0.3) is 0 Å². The minimum absolute atomic E-state index is 0.232. The van der Waals surface area contributed by atoms with Crippen molar-refractivity contribution in [2.75, 3.05) is 11.9 Å². The average molecular weight is 304 g/mol. The number of anilines is 1. The molecule has 0 unspecified atom stereocenters. The first-order chi connectivity index (χ1) is 10.6.